The van der Waals surface area contributed by atoms with E-state index in [2.05, 4.69) is 5.32 Å². The van der Waals surface area contributed by atoms with Gasteiger partial charge in [-0.3, -0.25) is 4.79 Å². The smallest absolute Gasteiger partial charge is 0.382 e. The molecule has 0 saturated heterocycles. The summed E-state index contributed by atoms with van der Waals surface area (Å²) >= 11 is 0. The summed E-state index contributed by atoms with van der Waals surface area (Å²) in [5.41, 5.74) is -0.174. The molecule has 1 amide bonds. The lowest BCUT2D eigenvalue weighted by atomic mass is 10.1. The van der Waals surface area contributed by atoms with Gasteiger partial charge in [0.15, 0.2) is 0 Å². The number of rotatable bonds is 9. The van der Waals surface area contributed by atoms with Gasteiger partial charge in [0.05, 0.1) is 25.2 Å². The van der Waals surface area contributed by atoms with Crippen molar-refractivity contribution in [3.05, 3.63) is 35.4 Å². The third kappa shape index (κ3) is 7.42. The van der Waals surface area contributed by atoms with Crippen molar-refractivity contribution in [3.8, 4) is 0 Å². The Balaban J connectivity index is 2.22. The fourth-order valence-electron chi connectivity index (χ4n) is 1.71. The second-order valence-electron chi connectivity index (χ2n) is 4.68. The zero-order chi connectivity index (χ0) is 16.4. The van der Waals surface area contributed by atoms with E-state index in [0.29, 0.717) is 38.3 Å². The van der Waals surface area contributed by atoms with E-state index in [9.17, 15) is 18.0 Å². The van der Waals surface area contributed by atoms with E-state index in [0.717, 1.165) is 12.1 Å². The molecule has 0 saturated carbocycles. The molecule has 0 radical (unpaired) electrons. The Bertz CT molecular complexity index is 446. The number of nitrogens with one attached hydrogen (secondary N) is 1. The summed E-state index contributed by atoms with van der Waals surface area (Å²) in [6.45, 7) is 2.02. The van der Waals surface area contributed by atoms with Crippen molar-refractivity contribution in [2.75, 3.05) is 33.5 Å². The number of benzene rings is 1. The number of alkyl halides is 3. The molecular weight excluding hydrogens is 299 g/mol. The fourth-order valence-corrected chi connectivity index (χ4v) is 1.71. The van der Waals surface area contributed by atoms with Gasteiger partial charge in [0.2, 0.25) is 5.91 Å². The summed E-state index contributed by atoms with van der Waals surface area (Å²) in [6.07, 6.45) is -3.63. The van der Waals surface area contributed by atoms with Gasteiger partial charge in [-0.1, -0.05) is 12.1 Å². The van der Waals surface area contributed by atoms with Crippen molar-refractivity contribution >= 4 is 5.91 Å². The number of carbonyl (C=O) groups is 1. The minimum atomic E-state index is -4.36. The van der Waals surface area contributed by atoms with Gasteiger partial charge in [-0.15, -0.1) is 0 Å². The monoisotopic (exact) mass is 319 g/mol. The molecule has 1 aromatic rings. The van der Waals surface area contributed by atoms with Crippen LogP contribution in [0, 0.1) is 0 Å². The van der Waals surface area contributed by atoms with Crippen molar-refractivity contribution in [3.63, 3.8) is 0 Å². The molecule has 1 aromatic carbocycles. The number of methoxy groups -OCH3 is 1. The van der Waals surface area contributed by atoms with Crippen molar-refractivity contribution in [2.24, 2.45) is 0 Å². The van der Waals surface area contributed by atoms with Gasteiger partial charge in [0, 0.05) is 20.3 Å². The number of halogens is 3. The van der Waals surface area contributed by atoms with Crippen molar-refractivity contribution in [1.82, 2.24) is 5.32 Å². The first-order valence-corrected chi connectivity index (χ1v) is 6.93. The number of carbonyl (C=O) groups excluding carboxylic acids is 1. The molecule has 0 spiro atoms. The average Bonchev–Trinajstić information content (AvgIpc) is 2.46. The van der Waals surface area contributed by atoms with Crippen molar-refractivity contribution in [1.29, 1.82) is 0 Å². The quantitative estimate of drug-likeness (QED) is 0.711. The predicted molar refractivity (Wildman–Crippen MR) is 75.5 cm³/mol. The van der Waals surface area contributed by atoms with E-state index in [4.69, 9.17) is 9.47 Å². The van der Waals surface area contributed by atoms with Crippen LogP contribution in [0.2, 0.25) is 0 Å². The lowest BCUT2D eigenvalue weighted by Crippen LogP contribution is -2.27. The minimum Gasteiger partial charge on any atom is -0.382 e. The second-order valence-corrected chi connectivity index (χ2v) is 4.68. The van der Waals surface area contributed by atoms with Crippen LogP contribution in [-0.2, 0) is 26.9 Å². The van der Waals surface area contributed by atoms with Crippen molar-refractivity contribution in [2.45, 2.75) is 19.0 Å². The maximum atomic E-state index is 12.4. The summed E-state index contributed by atoms with van der Waals surface area (Å²) in [6, 6.07) is 4.59. The molecule has 124 valence electrons. The van der Waals surface area contributed by atoms with Crippen LogP contribution in [-0.4, -0.2) is 39.4 Å². The van der Waals surface area contributed by atoms with Crippen LogP contribution in [0.5, 0.6) is 0 Å². The molecule has 0 bridgehead atoms. The largest absolute Gasteiger partial charge is 0.416 e. The number of hydrogen-bond acceptors (Lipinski definition) is 3. The molecule has 0 fully saturated rings. The topological polar surface area (TPSA) is 47.6 Å². The van der Waals surface area contributed by atoms with Crippen LogP contribution >= 0.6 is 0 Å². The van der Waals surface area contributed by atoms with Crippen LogP contribution in [0.1, 0.15) is 17.5 Å². The first-order valence-electron chi connectivity index (χ1n) is 6.93. The third-order valence-corrected chi connectivity index (χ3v) is 2.87. The van der Waals surface area contributed by atoms with Crippen LogP contribution in [0.3, 0.4) is 0 Å². The highest BCUT2D eigenvalue weighted by Gasteiger charge is 2.29. The van der Waals surface area contributed by atoms with Crippen LogP contribution in [0.15, 0.2) is 24.3 Å². The lowest BCUT2D eigenvalue weighted by molar-refractivity contribution is -0.137. The molecule has 1 N–H and O–H groups in total. The summed E-state index contributed by atoms with van der Waals surface area (Å²) in [7, 11) is 1.59. The molecule has 0 aliphatic heterocycles. The van der Waals surface area contributed by atoms with E-state index in [-0.39, 0.29) is 12.3 Å². The SMILES string of the molecule is COCCOCCCNC(=O)Cc1ccc(C(F)(F)F)cc1. The molecule has 7 heteroatoms. The van der Waals surface area contributed by atoms with Gasteiger partial charge in [-0.05, 0) is 24.1 Å². The van der Waals surface area contributed by atoms with Crippen molar-refractivity contribution < 1.29 is 27.4 Å². The average molecular weight is 319 g/mol. The molecular formula is C15H20F3NO3. The standard InChI is InChI=1S/C15H20F3NO3/c1-21-9-10-22-8-2-7-19-14(20)11-12-3-5-13(6-4-12)15(16,17)18/h3-6H,2,7-11H2,1H3,(H,19,20). The Morgan fingerprint density at radius 2 is 1.82 bits per heavy atom. The van der Waals surface area contributed by atoms with Crippen LogP contribution in [0.25, 0.3) is 0 Å². The lowest BCUT2D eigenvalue weighted by Gasteiger charge is -2.08. The molecule has 0 aromatic heterocycles. The molecule has 0 unspecified atom stereocenters. The number of amides is 1. The van der Waals surface area contributed by atoms with Crippen LogP contribution < -0.4 is 5.32 Å². The zero-order valence-corrected chi connectivity index (χ0v) is 12.4. The molecule has 0 heterocycles. The van der Waals surface area contributed by atoms with Crippen LogP contribution in [0.4, 0.5) is 13.2 Å². The molecule has 22 heavy (non-hydrogen) atoms. The third-order valence-electron chi connectivity index (χ3n) is 2.87. The van der Waals surface area contributed by atoms with E-state index >= 15 is 0 Å². The molecule has 0 aliphatic rings. The molecule has 0 atom stereocenters. The zero-order valence-electron chi connectivity index (χ0n) is 12.4. The highest BCUT2D eigenvalue weighted by molar-refractivity contribution is 5.78. The second kappa shape index (κ2) is 9.42. The predicted octanol–water partition coefficient (Wildman–Crippen LogP) is 2.42. The highest BCUT2D eigenvalue weighted by atomic mass is 19.4. The highest BCUT2D eigenvalue weighted by Crippen LogP contribution is 2.29. The summed E-state index contributed by atoms with van der Waals surface area (Å²) in [4.78, 5) is 11.6. The Hall–Kier alpha value is -1.60. The van der Waals surface area contributed by atoms with Gasteiger partial charge in [0.25, 0.3) is 0 Å². The first kappa shape index (κ1) is 18.4. The van der Waals surface area contributed by atoms with E-state index in [1.807, 2.05) is 0 Å². The van der Waals surface area contributed by atoms with Gasteiger partial charge in [0.1, 0.15) is 0 Å². The maximum absolute atomic E-state index is 12.4. The number of hydrogen-bond donors (Lipinski definition) is 1. The van der Waals surface area contributed by atoms with Gasteiger partial charge in [-0.25, -0.2) is 0 Å². The Labute approximate surface area is 127 Å². The van der Waals surface area contributed by atoms with E-state index in [1.165, 1.54) is 12.1 Å². The Morgan fingerprint density at radius 3 is 2.41 bits per heavy atom. The first-order chi connectivity index (χ1) is 10.4. The molecule has 4 nitrogen and oxygen atoms in total. The molecule has 0 aliphatic carbocycles. The fraction of sp³-hybridized carbons (Fsp3) is 0.533. The summed E-state index contributed by atoms with van der Waals surface area (Å²) in [5.74, 6) is -0.225. The van der Waals surface area contributed by atoms with Gasteiger partial charge < -0.3 is 14.8 Å². The minimum absolute atomic E-state index is 0.0582. The Kier molecular flexibility index (Phi) is 7.90. The summed E-state index contributed by atoms with van der Waals surface area (Å²) in [5, 5.41) is 2.69. The molecule has 1 rings (SSSR count). The normalized spacial score (nSPS) is 11.5. The Morgan fingerprint density at radius 1 is 1.14 bits per heavy atom. The number of ether oxygens (including phenoxy) is 2. The maximum Gasteiger partial charge on any atom is 0.416 e. The van der Waals surface area contributed by atoms with Gasteiger partial charge in [-0.2, -0.15) is 13.2 Å². The van der Waals surface area contributed by atoms with E-state index < -0.39 is 11.7 Å². The van der Waals surface area contributed by atoms with Gasteiger partial charge >= 0.3 is 6.18 Å². The summed E-state index contributed by atoms with van der Waals surface area (Å²) < 4.78 is 47.3. The van der Waals surface area contributed by atoms with E-state index in [1.54, 1.807) is 7.11 Å².